The van der Waals surface area contributed by atoms with Crippen LogP contribution in [0.15, 0.2) is 18.2 Å². The summed E-state index contributed by atoms with van der Waals surface area (Å²) in [5, 5.41) is 12.0. The molecule has 2 heterocycles. The largest absolute Gasteiger partial charge is 0.321 e. The molecule has 2 aromatic rings. The molecule has 0 radical (unpaired) electrons. The number of hydrogen-bond acceptors (Lipinski definition) is 3. The minimum Gasteiger partial charge on any atom is -0.320 e. The Labute approximate surface area is 146 Å². The molecule has 1 aromatic carbocycles. The summed E-state index contributed by atoms with van der Waals surface area (Å²) in [6.45, 7) is 3.29. The molecule has 3 rings (SSSR count). The van der Waals surface area contributed by atoms with Crippen molar-refractivity contribution in [1.29, 1.82) is 0 Å². The highest BCUT2D eigenvalue weighted by Crippen LogP contribution is 2.20. The highest BCUT2D eigenvalue weighted by molar-refractivity contribution is 6.31. The van der Waals surface area contributed by atoms with Crippen LogP contribution in [0.5, 0.6) is 0 Å². The Kier molecular flexibility index (Phi) is 5.04. The van der Waals surface area contributed by atoms with E-state index >= 15 is 0 Å². The molecule has 0 saturated heterocycles. The summed E-state index contributed by atoms with van der Waals surface area (Å²) < 4.78 is 2.15. The van der Waals surface area contributed by atoms with Gasteiger partial charge in [-0.15, -0.1) is 10.2 Å². The van der Waals surface area contributed by atoms with Crippen molar-refractivity contribution < 1.29 is 4.79 Å². The number of carbonyl (C=O) groups is 1. The van der Waals surface area contributed by atoms with Crippen molar-refractivity contribution in [2.75, 3.05) is 12.4 Å². The van der Waals surface area contributed by atoms with Crippen LogP contribution in [-0.2, 0) is 19.5 Å². The number of hydrogen-bond donors (Lipinski definition) is 1. The number of amides is 2. The molecule has 128 valence electrons. The zero-order valence-electron chi connectivity index (χ0n) is 14.0. The van der Waals surface area contributed by atoms with E-state index in [9.17, 15) is 4.79 Å². The van der Waals surface area contributed by atoms with E-state index in [1.807, 2.05) is 19.1 Å². The zero-order valence-corrected chi connectivity index (χ0v) is 14.8. The van der Waals surface area contributed by atoms with Gasteiger partial charge in [-0.2, -0.15) is 0 Å². The van der Waals surface area contributed by atoms with E-state index in [-0.39, 0.29) is 6.03 Å². The minimum absolute atomic E-state index is 0.194. The van der Waals surface area contributed by atoms with E-state index in [0.717, 1.165) is 43.0 Å². The van der Waals surface area contributed by atoms with Crippen LogP contribution in [0.4, 0.5) is 10.5 Å². The summed E-state index contributed by atoms with van der Waals surface area (Å²) >= 11 is 6.10. The first-order chi connectivity index (χ1) is 11.5. The number of fused-ring (bicyclic) bond motifs is 1. The molecule has 0 bridgehead atoms. The van der Waals surface area contributed by atoms with Crippen LogP contribution in [0.2, 0.25) is 5.02 Å². The van der Waals surface area contributed by atoms with Crippen LogP contribution in [0.1, 0.15) is 36.5 Å². The van der Waals surface area contributed by atoms with E-state index in [0.29, 0.717) is 17.3 Å². The SMILES string of the molecule is Cc1ccc(NC(=O)N(C)Cc2nnc3n2CCCCC3)cc1Cl. The van der Waals surface area contributed by atoms with E-state index in [1.165, 1.54) is 6.42 Å². The average molecular weight is 348 g/mol. The lowest BCUT2D eigenvalue weighted by molar-refractivity contribution is 0.219. The third-order valence-corrected chi connectivity index (χ3v) is 4.74. The number of rotatable bonds is 3. The number of anilines is 1. The molecule has 24 heavy (non-hydrogen) atoms. The van der Waals surface area contributed by atoms with Crippen molar-refractivity contribution in [3.05, 3.63) is 40.4 Å². The highest BCUT2D eigenvalue weighted by Gasteiger charge is 2.18. The van der Waals surface area contributed by atoms with Gasteiger partial charge in [0.1, 0.15) is 5.82 Å². The Morgan fingerprint density at radius 1 is 1.33 bits per heavy atom. The molecule has 6 nitrogen and oxygen atoms in total. The third-order valence-electron chi connectivity index (χ3n) is 4.33. The molecule has 1 aromatic heterocycles. The number of halogens is 1. The van der Waals surface area contributed by atoms with Gasteiger partial charge in [-0.1, -0.05) is 24.1 Å². The number of nitrogens with zero attached hydrogens (tertiary/aromatic N) is 4. The summed E-state index contributed by atoms with van der Waals surface area (Å²) in [6.07, 6.45) is 4.47. The van der Waals surface area contributed by atoms with Crippen LogP contribution in [0.3, 0.4) is 0 Å². The van der Waals surface area contributed by atoms with Crippen LogP contribution in [0, 0.1) is 6.92 Å². The Balaban J connectivity index is 1.66. The van der Waals surface area contributed by atoms with Gasteiger partial charge in [0.2, 0.25) is 0 Å². The maximum Gasteiger partial charge on any atom is 0.321 e. The summed E-state index contributed by atoms with van der Waals surface area (Å²) in [5.41, 5.74) is 1.66. The van der Waals surface area contributed by atoms with Gasteiger partial charge in [-0.3, -0.25) is 0 Å². The van der Waals surface area contributed by atoms with Gasteiger partial charge >= 0.3 is 6.03 Å². The monoisotopic (exact) mass is 347 g/mol. The smallest absolute Gasteiger partial charge is 0.320 e. The first kappa shape index (κ1) is 16.8. The molecule has 0 saturated carbocycles. The van der Waals surface area contributed by atoms with E-state index in [2.05, 4.69) is 20.1 Å². The lowest BCUT2D eigenvalue weighted by Gasteiger charge is -2.18. The Bertz CT molecular complexity index is 743. The number of aromatic nitrogens is 3. The maximum atomic E-state index is 12.4. The van der Waals surface area contributed by atoms with Gasteiger partial charge in [0.05, 0.1) is 6.54 Å². The Hall–Kier alpha value is -2.08. The molecule has 1 N–H and O–H groups in total. The molecule has 2 amide bonds. The first-order valence-electron chi connectivity index (χ1n) is 8.24. The fraction of sp³-hybridized carbons (Fsp3) is 0.471. The fourth-order valence-electron chi connectivity index (χ4n) is 2.84. The molecule has 0 aliphatic carbocycles. The summed E-state index contributed by atoms with van der Waals surface area (Å²) in [6, 6.07) is 5.29. The zero-order chi connectivity index (χ0) is 17.1. The molecule has 7 heteroatoms. The Morgan fingerprint density at radius 3 is 2.96 bits per heavy atom. The van der Waals surface area contributed by atoms with Crippen LogP contribution >= 0.6 is 11.6 Å². The molecule has 1 aliphatic heterocycles. The van der Waals surface area contributed by atoms with Gasteiger partial charge in [-0.25, -0.2) is 4.79 Å². The summed E-state index contributed by atoms with van der Waals surface area (Å²) in [4.78, 5) is 14.0. The standard InChI is InChI=1S/C17H22ClN5O/c1-12-7-8-13(10-14(12)18)19-17(24)22(2)11-16-21-20-15-6-4-3-5-9-23(15)16/h7-8,10H,3-6,9,11H2,1-2H3,(H,19,24). The van der Waals surface area contributed by atoms with Crippen molar-refractivity contribution in [2.24, 2.45) is 0 Å². The van der Waals surface area contributed by atoms with Gasteiger partial charge in [0.15, 0.2) is 5.82 Å². The van der Waals surface area contributed by atoms with Crippen molar-refractivity contribution >= 4 is 23.3 Å². The minimum atomic E-state index is -0.194. The number of aryl methyl sites for hydroxylation is 2. The number of urea groups is 1. The van der Waals surface area contributed by atoms with Gasteiger partial charge in [-0.05, 0) is 37.5 Å². The molecule has 0 unspecified atom stereocenters. The molecular weight excluding hydrogens is 326 g/mol. The molecule has 1 aliphatic rings. The van der Waals surface area contributed by atoms with Crippen molar-refractivity contribution in [2.45, 2.75) is 45.7 Å². The highest BCUT2D eigenvalue weighted by atomic mass is 35.5. The fourth-order valence-corrected chi connectivity index (χ4v) is 3.02. The van der Waals surface area contributed by atoms with Crippen molar-refractivity contribution in [3.63, 3.8) is 0 Å². The van der Waals surface area contributed by atoms with Gasteiger partial charge in [0.25, 0.3) is 0 Å². The second-order valence-corrected chi connectivity index (χ2v) is 6.65. The van der Waals surface area contributed by atoms with E-state index < -0.39 is 0 Å². The lowest BCUT2D eigenvalue weighted by atomic mass is 10.2. The molecular formula is C17H22ClN5O. The molecule has 0 spiro atoms. The van der Waals surface area contributed by atoms with Gasteiger partial charge in [0, 0.05) is 30.7 Å². The third kappa shape index (κ3) is 3.70. The van der Waals surface area contributed by atoms with Crippen molar-refractivity contribution in [1.82, 2.24) is 19.7 Å². The van der Waals surface area contributed by atoms with E-state index in [4.69, 9.17) is 11.6 Å². The average Bonchev–Trinajstić information content (AvgIpc) is 2.78. The summed E-state index contributed by atoms with van der Waals surface area (Å²) in [7, 11) is 1.75. The first-order valence-corrected chi connectivity index (χ1v) is 8.61. The van der Waals surface area contributed by atoms with Crippen molar-refractivity contribution in [3.8, 4) is 0 Å². The second kappa shape index (κ2) is 7.21. The predicted molar refractivity (Wildman–Crippen MR) is 94.3 cm³/mol. The quantitative estimate of drug-likeness (QED) is 0.922. The normalized spacial score (nSPS) is 14.0. The predicted octanol–water partition coefficient (Wildman–Crippen LogP) is 3.63. The van der Waals surface area contributed by atoms with Crippen LogP contribution in [0.25, 0.3) is 0 Å². The van der Waals surface area contributed by atoms with Crippen LogP contribution < -0.4 is 5.32 Å². The number of benzene rings is 1. The molecule has 0 atom stereocenters. The number of nitrogens with one attached hydrogen (secondary N) is 1. The lowest BCUT2D eigenvalue weighted by Crippen LogP contribution is -2.32. The van der Waals surface area contributed by atoms with E-state index in [1.54, 1.807) is 18.0 Å². The summed E-state index contributed by atoms with van der Waals surface area (Å²) in [5.74, 6) is 1.87. The number of carbonyl (C=O) groups excluding carboxylic acids is 1. The topological polar surface area (TPSA) is 63.1 Å². The second-order valence-electron chi connectivity index (χ2n) is 6.24. The Morgan fingerprint density at radius 2 is 2.17 bits per heavy atom. The molecule has 0 fully saturated rings. The van der Waals surface area contributed by atoms with Gasteiger partial charge < -0.3 is 14.8 Å². The maximum absolute atomic E-state index is 12.4. The van der Waals surface area contributed by atoms with Crippen LogP contribution in [-0.4, -0.2) is 32.7 Å².